The van der Waals surface area contributed by atoms with E-state index in [9.17, 15) is 13.2 Å². The number of anilines is 1. The smallest absolute Gasteiger partial charge is 0.243 e. The molecule has 0 spiro atoms. The van der Waals surface area contributed by atoms with Crippen molar-refractivity contribution in [1.82, 2.24) is 19.1 Å². The van der Waals surface area contributed by atoms with Crippen LogP contribution in [0.4, 0.5) is 5.69 Å². The standard InChI is InChI=1S/C20H23N5O4S2/c1-14(30-20-23-22-18(24(20)2)17-6-5-13-29-17)19(26)21-15-7-9-16(10-8-15)31(27,28)25-11-3-4-12-25/h5-10,13-14H,3-4,11-12H2,1-2H3,(H,21,26). The van der Waals surface area contributed by atoms with Crippen LogP contribution in [0.5, 0.6) is 0 Å². The Kier molecular flexibility index (Phi) is 6.17. The highest BCUT2D eigenvalue weighted by molar-refractivity contribution is 8.00. The van der Waals surface area contributed by atoms with Gasteiger partial charge in [0.1, 0.15) is 0 Å². The van der Waals surface area contributed by atoms with Gasteiger partial charge < -0.3 is 14.3 Å². The van der Waals surface area contributed by atoms with Crippen molar-refractivity contribution in [3.05, 3.63) is 42.7 Å². The molecule has 1 aromatic carbocycles. The van der Waals surface area contributed by atoms with Gasteiger partial charge in [0.05, 0.1) is 16.4 Å². The van der Waals surface area contributed by atoms with Crippen molar-refractivity contribution in [3.8, 4) is 11.6 Å². The number of sulfonamides is 1. The van der Waals surface area contributed by atoms with Gasteiger partial charge in [0.25, 0.3) is 0 Å². The number of hydrogen-bond acceptors (Lipinski definition) is 7. The first kappa shape index (κ1) is 21.6. The van der Waals surface area contributed by atoms with Crippen molar-refractivity contribution in [2.45, 2.75) is 35.1 Å². The summed E-state index contributed by atoms with van der Waals surface area (Å²) < 4.78 is 33.8. The van der Waals surface area contributed by atoms with Crippen LogP contribution in [0.25, 0.3) is 11.6 Å². The molecule has 31 heavy (non-hydrogen) atoms. The van der Waals surface area contributed by atoms with E-state index in [0.717, 1.165) is 12.8 Å². The fourth-order valence-corrected chi connectivity index (χ4v) is 5.61. The molecule has 9 nitrogen and oxygen atoms in total. The number of benzene rings is 1. The predicted molar refractivity (Wildman–Crippen MR) is 117 cm³/mol. The minimum absolute atomic E-state index is 0.220. The van der Waals surface area contributed by atoms with E-state index >= 15 is 0 Å². The Morgan fingerprint density at radius 1 is 1.16 bits per heavy atom. The van der Waals surface area contributed by atoms with Crippen LogP contribution in [-0.4, -0.2) is 51.7 Å². The van der Waals surface area contributed by atoms with Crippen molar-refractivity contribution < 1.29 is 17.6 Å². The van der Waals surface area contributed by atoms with Crippen LogP contribution in [0.15, 0.2) is 57.1 Å². The second-order valence-corrected chi connectivity index (χ2v) is 10.5. The van der Waals surface area contributed by atoms with E-state index in [1.807, 2.05) is 7.05 Å². The molecule has 0 saturated carbocycles. The van der Waals surface area contributed by atoms with Gasteiger partial charge in [0.2, 0.25) is 15.9 Å². The monoisotopic (exact) mass is 461 g/mol. The average Bonchev–Trinajstić information content (AvgIpc) is 3.51. The van der Waals surface area contributed by atoms with Crippen molar-refractivity contribution >= 4 is 33.4 Å². The lowest BCUT2D eigenvalue weighted by Gasteiger charge is -2.16. The summed E-state index contributed by atoms with van der Waals surface area (Å²) in [7, 11) is -1.66. The number of amides is 1. The SMILES string of the molecule is CC(Sc1nnc(-c2ccco2)n1C)C(=O)Nc1ccc(S(=O)(=O)N2CCCC2)cc1. The molecule has 0 bridgehead atoms. The highest BCUT2D eigenvalue weighted by atomic mass is 32.2. The molecule has 1 fully saturated rings. The largest absolute Gasteiger partial charge is 0.461 e. The average molecular weight is 462 g/mol. The Morgan fingerprint density at radius 2 is 1.87 bits per heavy atom. The second-order valence-electron chi connectivity index (χ2n) is 7.23. The lowest BCUT2D eigenvalue weighted by molar-refractivity contribution is -0.115. The third-order valence-electron chi connectivity index (χ3n) is 5.05. The van der Waals surface area contributed by atoms with Gasteiger partial charge in [-0.25, -0.2) is 8.42 Å². The molecular formula is C20H23N5O4S2. The number of aromatic nitrogens is 3. The van der Waals surface area contributed by atoms with Crippen LogP contribution in [-0.2, 0) is 21.9 Å². The number of thioether (sulfide) groups is 1. The Labute approximate surface area is 184 Å². The van der Waals surface area contributed by atoms with Gasteiger partial charge in [0, 0.05) is 25.8 Å². The molecule has 11 heteroatoms. The Balaban J connectivity index is 1.39. The fourth-order valence-electron chi connectivity index (χ4n) is 3.28. The molecule has 0 aliphatic carbocycles. The molecule has 1 aliphatic rings. The fraction of sp³-hybridized carbons (Fsp3) is 0.350. The summed E-state index contributed by atoms with van der Waals surface area (Å²) in [6.07, 6.45) is 3.34. The van der Waals surface area contributed by atoms with Gasteiger partial charge in [-0.05, 0) is 56.2 Å². The zero-order valence-electron chi connectivity index (χ0n) is 17.2. The Bertz CT molecular complexity index is 1150. The summed E-state index contributed by atoms with van der Waals surface area (Å²) >= 11 is 1.27. The van der Waals surface area contributed by atoms with Gasteiger partial charge in [-0.2, -0.15) is 4.31 Å². The topological polar surface area (TPSA) is 110 Å². The first-order valence-electron chi connectivity index (χ1n) is 9.87. The van der Waals surface area contributed by atoms with Gasteiger partial charge in [-0.15, -0.1) is 10.2 Å². The lowest BCUT2D eigenvalue weighted by atomic mass is 10.3. The molecule has 1 N–H and O–H groups in total. The van der Waals surface area contributed by atoms with E-state index in [1.54, 1.807) is 42.0 Å². The number of nitrogens with zero attached hydrogens (tertiary/aromatic N) is 4. The summed E-state index contributed by atoms with van der Waals surface area (Å²) in [6.45, 7) is 2.88. The van der Waals surface area contributed by atoms with Gasteiger partial charge in [0.15, 0.2) is 16.7 Å². The molecule has 1 unspecified atom stereocenters. The van der Waals surface area contributed by atoms with E-state index < -0.39 is 15.3 Å². The van der Waals surface area contributed by atoms with Crippen LogP contribution in [0, 0.1) is 0 Å². The maximum absolute atomic E-state index is 12.6. The van der Waals surface area contributed by atoms with E-state index in [0.29, 0.717) is 35.5 Å². The van der Waals surface area contributed by atoms with Crippen LogP contribution in [0.1, 0.15) is 19.8 Å². The number of carbonyl (C=O) groups excluding carboxylic acids is 1. The first-order chi connectivity index (χ1) is 14.9. The third-order valence-corrected chi connectivity index (χ3v) is 8.10. The second kappa shape index (κ2) is 8.85. The number of rotatable bonds is 7. The Hall–Kier alpha value is -2.63. The zero-order valence-corrected chi connectivity index (χ0v) is 18.8. The summed E-state index contributed by atoms with van der Waals surface area (Å²) in [5.41, 5.74) is 0.534. The predicted octanol–water partition coefficient (Wildman–Crippen LogP) is 2.98. The first-order valence-corrected chi connectivity index (χ1v) is 12.2. The van der Waals surface area contributed by atoms with Crippen molar-refractivity contribution in [2.24, 2.45) is 7.05 Å². The normalized spacial score (nSPS) is 15.8. The molecule has 0 radical (unpaired) electrons. The van der Waals surface area contributed by atoms with Crippen molar-refractivity contribution in [1.29, 1.82) is 0 Å². The molecule has 1 saturated heterocycles. The number of nitrogens with one attached hydrogen (secondary N) is 1. The molecule has 1 atom stereocenters. The van der Waals surface area contributed by atoms with E-state index in [2.05, 4.69) is 15.5 Å². The van der Waals surface area contributed by atoms with E-state index in [4.69, 9.17) is 4.42 Å². The van der Waals surface area contributed by atoms with E-state index in [-0.39, 0.29) is 10.8 Å². The maximum Gasteiger partial charge on any atom is 0.243 e. The van der Waals surface area contributed by atoms with Crippen molar-refractivity contribution in [2.75, 3.05) is 18.4 Å². The lowest BCUT2D eigenvalue weighted by Crippen LogP contribution is -2.27. The van der Waals surface area contributed by atoms with Gasteiger partial charge in [-0.3, -0.25) is 4.79 Å². The highest BCUT2D eigenvalue weighted by Gasteiger charge is 2.27. The van der Waals surface area contributed by atoms with Crippen LogP contribution < -0.4 is 5.32 Å². The number of carbonyl (C=O) groups is 1. The quantitative estimate of drug-likeness (QED) is 0.539. The van der Waals surface area contributed by atoms with Gasteiger partial charge in [-0.1, -0.05) is 11.8 Å². The minimum Gasteiger partial charge on any atom is -0.461 e. The van der Waals surface area contributed by atoms with Crippen LogP contribution in [0.3, 0.4) is 0 Å². The van der Waals surface area contributed by atoms with Crippen molar-refractivity contribution in [3.63, 3.8) is 0 Å². The molecule has 164 valence electrons. The summed E-state index contributed by atoms with van der Waals surface area (Å²) in [4.78, 5) is 12.9. The molecule has 2 aromatic heterocycles. The zero-order chi connectivity index (χ0) is 22.0. The number of furan rings is 1. The maximum atomic E-state index is 12.6. The third kappa shape index (κ3) is 4.53. The van der Waals surface area contributed by atoms with E-state index in [1.165, 1.54) is 28.2 Å². The summed E-state index contributed by atoms with van der Waals surface area (Å²) in [5.74, 6) is 0.959. The number of hydrogen-bond donors (Lipinski definition) is 1. The molecule has 4 rings (SSSR count). The molecule has 1 aliphatic heterocycles. The minimum atomic E-state index is -3.47. The molecule has 1 amide bonds. The highest BCUT2D eigenvalue weighted by Crippen LogP contribution is 2.27. The summed E-state index contributed by atoms with van der Waals surface area (Å²) in [6, 6.07) is 9.83. The molecular weight excluding hydrogens is 438 g/mol. The summed E-state index contributed by atoms with van der Waals surface area (Å²) in [5, 5.41) is 11.2. The Morgan fingerprint density at radius 3 is 2.52 bits per heavy atom. The van der Waals surface area contributed by atoms with Gasteiger partial charge >= 0.3 is 0 Å². The van der Waals surface area contributed by atoms with Crippen LogP contribution in [0.2, 0.25) is 0 Å². The molecule has 3 aromatic rings. The molecule has 3 heterocycles. The van der Waals surface area contributed by atoms with Crippen LogP contribution >= 0.6 is 11.8 Å².